The average molecular weight is 590 g/mol. The van der Waals surface area contributed by atoms with Crippen LogP contribution in [-0.4, -0.2) is 48.2 Å². The summed E-state index contributed by atoms with van der Waals surface area (Å²) in [5.74, 6) is 0. The van der Waals surface area contributed by atoms with Gasteiger partial charge in [0.05, 0.1) is 26.2 Å². The van der Waals surface area contributed by atoms with Crippen molar-refractivity contribution in [3.8, 4) is 0 Å². The Morgan fingerprint density at radius 3 is 1.00 bits per heavy atom. The van der Waals surface area contributed by atoms with Crippen LogP contribution in [0.15, 0.2) is 86.0 Å². The minimum Gasteiger partial charge on any atom is -1.00 e. The summed E-state index contributed by atoms with van der Waals surface area (Å²) in [5, 5.41) is 0. The van der Waals surface area contributed by atoms with Crippen LogP contribution in [0.1, 0.15) is 102 Å². The third kappa shape index (κ3) is 10.7. The maximum atomic E-state index is 4.43. The molecule has 0 fully saturated rings. The van der Waals surface area contributed by atoms with Crippen LogP contribution in [0.4, 0.5) is 0 Å². The molecular weight excluding hydrogens is 531 g/mol. The van der Waals surface area contributed by atoms with Gasteiger partial charge < -0.3 is 33.8 Å². The molecule has 0 aliphatic heterocycles. The van der Waals surface area contributed by atoms with Crippen molar-refractivity contribution in [2.75, 3.05) is 39.3 Å². The number of rotatable bonds is 21. The fourth-order valence-electron chi connectivity index (χ4n) is 6.45. The first-order chi connectivity index (χ1) is 18.6. The van der Waals surface area contributed by atoms with Crippen LogP contribution in [-0.2, 0) is 0 Å². The van der Waals surface area contributed by atoms with Gasteiger partial charge in [0.1, 0.15) is 25.2 Å². The fourth-order valence-corrected chi connectivity index (χ4v) is 6.45. The molecule has 0 aliphatic carbocycles. The fraction of sp³-hybridized carbons (Fsp3) is 0.556. The molecule has 2 nitrogen and oxygen atoms in total. The molecule has 2 unspecified atom stereocenters. The lowest BCUT2D eigenvalue weighted by Crippen LogP contribution is -3.00. The first-order valence-corrected chi connectivity index (χ1v) is 15.6. The first-order valence-electron chi connectivity index (χ1n) is 15.6. The molecule has 0 saturated carbocycles. The van der Waals surface area contributed by atoms with E-state index in [0.717, 1.165) is 8.97 Å². The second-order valence-corrected chi connectivity index (χ2v) is 11.4. The molecule has 0 bridgehead atoms. The standard InChI is InChI=1S/C36H58N2.2ClH/c1-7-13-27-37(28-14-8-2,35(11-5)33-23-19-17-20-24-33)31-32-38(29-15-9-3,30-16-10-4)36(12-6)34-25-21-18-22-26-34;;/h11-12,17-26,35-36H,5-10,13-16,27-32H2,1-4H3;2*1H/q+2;;/p-2. The van der Waals surface area contributed by atoms with Gasteiger partial charge >= 0.3 is 0 Å². The van der Waals surface area contributed by atoms with Gasteiger partial charge in [0.2, 0.25) is 0 Å². The second-order valence-electron chi connectivity index (χ2n) is 11.4. The van der Waals surface area contributed by atoms with Crippen molar-refractivity contribution in [2.45, 2.75) is 91.1 Å². The van der Waals surface area contributed by atoms with Crippen molar-refractivity contribution in [1.29, 1.82) is 0 Å². The number of hydrogen-bond donors (Lipinski definition) is 0. The predicted octanol–water partition coefficient (Wildman–Crippen LogP) is 3.68. The Morgan fingerprint density at radius 1 is 0.500 bits per heavy atom. The molecule has 0 amide bonds. The van der Waals surface area contributed by atoms with E-state index in [2.05, 4.69) is 114 Å². The zero-order chi connectivity index (χ0) is 27.7. The van der Waals surface area contributed by atoms with Gasteiger partial charge in [0.25, 0.3) is 0 Å². The highest BCUT2D eigenvalue weighted by molar-refractivity contribution is 5.22. The highest BCUT2D eigenvalue weighted by Gasteiger charge is 2.42. The highest BCUT2D eigenvalue weighted by Crippen LogP contribution is 2.36. The third-order valence-electron chi connectivity index (χ3n) is 8.73. The summed E-state index contributed by atoms with van der Waals surface area (Å²) in [6, 6.07) is 23.0. The minimum absolute atomic E-state index is 0. The predicted molar refractivity (Wildman–Crippen MR) is 168 cm³/mol. The van der Waals surface area contributed by atoms with Gasteiger partial charge in [-0.25, -0.2) is 0 Å². The normalized spacial score (nSPS) is 13.0. The lowest BCUT2D eigenvalue weighted by molar-refractivity contribution is -1.00. The van der Waals surface area contributed by atoms with Crippen LogP contribution in [0.3, 0.4) is 0 Å². The summed E-state index contributed by atoms with van der Waals surface area (Å²) in [5.41, 5.74) is 2.83. The number of halogens is 2. The maximum Gasteiger partial charge on any atom is 0.133 e. The van der Waals surface area contributed by atoms with E-state index in [-0.39, 0.29) is 24.8 Å². The van der Waals surface area contributed by atoms with Gasteiger partial charge in [-0.1, -0.05) is 127 Å². The van der Waals surface area contributed by atoms with Crippen molar-refractivity contribution >= 4 is 0 Å². The zero-order valence-corrected chi connectivity index (χ0v) is 27.6. The molecule has 2 rings (SSSR count). The van der Waals surface area contributed by atoms with Crippen LogP contribution in [0.2, 0.25) is 0 Å². The van der Waals surface area contributed by atoms with Crippen molar-refractivity contribution in [1.82, 2.24) is 0 Å². The van der Waals surface area contributed by atoms with E-state index < -0.39 is 0 Å². The van der Waals surface area contributed by atoms with Gasteiger partial charge in [0.15, 0.2) is 0 Å². The van der Waals surface area contributed by atoms with Crippen LogP contribution >= 0.6 is 0 Å². The molecule has 0 heterocycles. The lowest BCUT2D eigenvalue weighted by Gasteiger charge is -2.49. The van der Waals surface area contributed by atoms with E-state index in [4.69, 9.17) is 0 Å². The van der Waals surface area contributed by atoms with Gasteiger partial charge in [-0.15, -0.1) is 0 Å². The SMILES string of the molecule is C=CC(c1ccccc1)[N+](CCCC)(CCCC)CC[N+](CCCC)(CCCC)C(C=C)c1ccccc1.[Cl-].[Cl-]. The van der Waals surface area contributed by atoms with Crippen molar-refractivity contribution in [2.24, 2.45) is 0 Å². The zero-order valence-electron chi connectivity index (χ0n) is 26.0. The van der Waals surface area contributed by atoms with Crippen LogP contribution in [0.25, 0.3) is 0 Å². The summed E-state index contributed by atoms with van der Waals surface area (Å²) in [7, 11) is 0. The number of nitrogens with zero attached hydrogens (tertiary/aromatic N) is 2. The molecule has 40 heavy (non-hydrogen) atoms. The smallest absolute Gasteiger partial charge is 0.133 e. The van der Waals surface area contributed by atoms with Gasteiger partial charge in [-0.2, -0.15) is 0 Å². The molecule has 0 N–H and O–H groups in total. The number of hydrogen-bond acceptors (Lipinski definition) is 0. The van der Waals surface area contributed by atoms with Gasteiger partial charge in [-0.05, 0) is 37.8 Å². The Hall–Kier alpha value is -1.58. The lowest BCUT2D eigenvalue weighted by atomic mass is 9.97. The minimum atomic E-state index is 0. The van der Waals surface area contributed by atoms with E-state index >= 15 is 0 Å². The van der Waals surface area contributed by atoms with E-state index in [0.29, 0.717) is 12.1 Å². The Bertz CT molecular complexity index is 808. The maximum absolute atomic E-state index is 4.43. The molecule has 2 atom stereocenters. The molecule has 2 aromatic rings. The molecule has 2 aromatic carbocycles. The number of unbranched alkanes of at least 4 members (excludes halogenated alkanes) is 4. The third-order valence-corrected chi connectivity index (χ3v) is 8.73. The quantitative estimate of drug-likeness (QED) is 0.154. The monoisotopic (exact) mass is 588 g/mol. The van der Waals surface area contributed by atoms with Crippen LogP contribution in [0.5, 0.6) is 0 Å². The average Bonchev–Trinajstić information content (AvgIpc) is 2.97. The summed E-state index contributed by atoms with van der Waals surface area (Å²) in [6.45, 7) is 25.4. The first kappa shape index (κ1) is 38.4. The highest BCUT2D eigenvalue weighted by atomic mass is 35.5. The van der Waals surface area contributed by atoms with Gasteiger partial charge in [0, 0.05) is 11.1 Å². The van der Waals surface area contributed by atoms with Crippen molar-refractivity contribution < 1.29 is 33.8 Å². The van der Waals surface area contributed by atoms with E-state index in [1.807, 2.05) is 0 Å². The topological polar surface area (TPSA) is 0 Å². The van der Waals surface area contributed by atoms with Crippen molar-refractivity contribution in [3.63, 3.8) is 0 Å². The van der Waals surface area contributed by atoms with Crippen LogP contribution < -0.4 is 24.8 Å². The second kappa shape index (κ2) is 21.2. The number of quaternary nitrogens is 2. The molecule has 0 aromatic heterocycles. The Kier molecular flexibility index (Phi) is 20.3. The molecule has 0 spiro atoms. The van der Waals surface area contributed by atoms with E-state index in [1.165, 1.54) is 102 Å². The summed E-state index contributed by atoms with van der Waals surface area (Å²) < 4.78 is 2.23. The number of benzene rings is 2. The van der Waals surface area contributed by atoms with Crippen molar-refractivity contribution in [3.05, 3.63) is 97.1 Å². The van der Waals surface area contributed by atoms with E-state index in [1.54, 1.807) is 0 Å². The summed E-state index contributed by atoms with van der Waals surface area (Å²) >= 11 is 0. The molecule has 0 aliphatic rings. The van der Waals surface area contributed by atoms with Crippen LogP contribution in [0, 0.1) is 0 Å². The largest absolute Gasteiger partial charge is 1.00 e. The Balaban J connectivity index is 0.00000760. The summed E-state index contributed by atoms with van der Waals surface area (Å²) in [6.07, 6.45) is 14.5. The molecule has 226 valence electrons. The summed E-state index contributed by atoms with van der Waals surface area (Å²) in [4.78, 5) is 0. The Labute approximate surface area is 260 Å². The molecular formula is C36H58Cl2N2. The Morgan fingerprint density at radius 2 is 0.775 bits per heavy atom. The molecule has 4 heteroatoms. The molecule has 0 saturated heterocycles. The van der Waals surface area contributed by atoms with E-state index in [9.17, 15) is 0 Å². The van der Waals surface area contributed by atoms with Gasteiger partial charge in [-0.3, -0.25) is 0 Å². The molecule has 0 radical (unpaired) electrons.